The highest BCUT2D eigenvalue weighted by Crippen LogP contribution is 2.34. The lowest BCUT2D eigenvalue weighted by Gasteiger charge is -2.13. The van der Waals surface area contributed by atoms with Gasteiger partial charge in [-0.2, -0.15) is 0 Å². The van der Waals surface area contributed by atoms with Crippen LogP contribution in [0, 0.1) is 0 Å². The third kappa shape index (κ3) is 4.59. The second-order valence-corrected chi connectivity index (χ2v) is 7.17. The molecule has 0 aliphatic rings. The van der Waals surface area contributed by atoms with E-state index in [1.165, 1.54) is 23.1 Å². The minimum absolute atomic E-state index is 0.117. The predicted octanol–water partition coefficient (Wildman–Crippen LogP) is 2.04. The van der Waals surface area contributed by atoms with E-state index in [1.807, 2.05) is 25.1 Å². The van der Waals surface area contributed by atoms with Crippen LogP contribution in [0.15, 0.2) is 22.5 Å². The van der Waals surface area contributed by atoms with Gasteiger partial charge in [0.25, 0.3) is 0 Å². The molecule has 8 heteroatoms. The summed E-state index contributed by atoms with van der Waals surface area (Å²) >= 11 is 2.81. The molecule has 2 aromatic rings. The molecule has 0 aliphatic carbocycles. The topological polar surface area (TPSA) is 80.3 Å². The zero-order valence-electron chi connectivity index (χ0n) is 13.2. The van der Waals surface area contributed by atoms with E-state index < -0.39 is 5.25 Å². The normalized spacial score (nSPS) is 12.0. The van der Waals surface area contributed by atoms with E-state index >= 15 is 0 Å². The van der Waals surface area contributed by atoms with Crippen molar-refractivity contribution in [2.24, 2.45) is 0 Å². The van der Waals surface area contributed by atoms with Gasteiger partial charge in [-0.1, -0.05) is 11.8 Å². The predicted molar refractivity (Wildman–Crippen MR) is 93.2 cm³/mol. The Morgan fingerprint density at radius 3 is 2.87 bits per heavy atom. The summed E-state index contributed by atoms with van der Waals surface area (Å²) < 4.78 is 6.97. The maximum absolute atomic E-state index is 12.2. The zero-order chi connectivity index (χ0) is 16.8. The van der Waals surface area contributed by atoms with E-state index in [0.29, 0.717) is 6.54 Å². The lowest BCUT2D eigenvalue weighted by molar-refractivity contribution is -0.125. The first-order valence-corrected chi connectivity index (χ1v) is 8.86. The number of hydrogen-bond acceptors (Lipinski definition) is 6. The molecule has 0 fully saturated rings. The molecule has 23 heavy (non-hydrogen) atoms. The number of thiazole rings is 1. The van der Waals surface area contributed by atoms with Gasteiger partial charge in [0, 0.05) is 26.1 Å². The molecular formula is C15H19N3O3S2. The summed E-state index contributed by atoms with van der Waals surface area (Å²) in [6.45, 7) is 2.38. The van der Waals surface area contributed by atoms with Crippen LogP contribution in [0.5, 0.6) is 5.75 Å². The van der Waals surface area contributed by atoms with E-state index in [1.54, 1.807) is 14.2 Å². The van der Waals surface area contributed by atoms with Crippen molar-refractivity contribution in [2.75, 3.05) is 20.7 Å². The Morgan fingerprint density at radius 2 is 2.22 bits per heavy atom. The molecule has 2 rings (SSSR count). The number of carbonyl (C=O) groups is 2. The van der Waals surface area contributed by atoms with Gasteiger partial charge in [-0.25, -0.2) is 4.98 Å². The Bertz CT molecular complexity index is 702. The number of hydrogen-bond donors (Lipinski definition) is 2. The van der Waals surface area contributed by atoms with Gasteiger partial charge in [-0.15, -0.1) is 11.3 Å². The number of nitrogens with zero attached hydrogens (tertiary/aromatic N) is 1. The van der Waals surface area contributed by atoms with Gasteiger partial charge < -0.3 is 15.4 Å². The van der Waals surface area contributed by atoms with Gasteiger partial charge >= 0.3 is 0 Å². The molecular weight excluding hydrogens is 334 g/mol. The maximum atomic E-state index is 12.2. The maximum Gasteiger partial charge on any atom is 0.234 e. The smallest absolute Gasteiger partial charge is 0.234 e. The lowest BCUT2D eigenvalue weighted by Crippen LogP contribution is -2.36. The van der Waals surface area contributed by atoms with Gasteiger partial charge in [0.15, 0.2) is 4.34 Å². The van der Waals surface area contributed by atoms with Gasteiger partial charge in [-0.05, 0) is 19.1 Å². The van der Waals surface area contributed by atoms with Gasteiger partial charge in [0.2, 0.25) is 11.8 Å². The molecule has 0 saturated carbocycles. The Balaban J connectivity index is 2.20. The van der Waals surface area contributed by atoms with Gasteiger partial charge in [-0.3, -0.25) is 9.59 Å². The molecule has 6 nitrogen and oxygen atoms in total. The molecule has 1 atom stereocenters. The second kappa shape index (κ2) is 8.16. The van der Waals surface area contributed by atoms with E-state index in [9.17, 15) is 9.59 Å². The van der Waals surface area contributed by atoms with Crippen LogP contribution in [-0.4, -0.2) is 42.8 Å². The Hall–Kier alpha value is -1.80. The first-order chi connectivity index (χ1) is 11.1. The van der Waals surface area contributed by atoms with Crippen molar-refractivity contribution in [3.05, 3.63) is 18.2 Å². The van der Waals surface area contributed by atoms with Crippen LogP contribution in [-0.2, 0) is 9.59 Å². The number of amides is 2. The fourth-order valence-corrected chi connectivity index (χ4v) is 4.24. The monoisotopic (exact) mass is 353 g/mol. The second-order valence-electron chi connectivity index (χ2n) is 4.69. The molecule has 1 aromatic carbocycles. The summed E-state index contributed by atoms with van der Waals surface area (Å²) in [5.74, 6) is 0.416. The Labute approximate surface area is 143 Å². The minimum Gasteiger partial charge on any atom is -0.497 e. The summed E-state index contributed by atoms with van der Waals surface area (Å²) in [6.07, 6.45) is 0.117. The molecule has 0 saturated heterocycles. The zero-order valence-corrected chi connectivity index (χ0v) is 14.8. The molecule has 0 aliphatic heterocycles. The Morgan fingerprint density at radius 1 is 1.43 bits per heavy atom. The number of carbonyl (C=O) groups excluding carboxylic acids is 2. The molecule has 1 heterocycles. The quantitative estimate of drug-likeness (QED) is 0.745. The molecule has 2 N–H and O–H groups in total. The molecule has 0 spiro atoms. The highest BCUT2D eigenvalue weighted by molar-refractivity contribution is 8.02. The summed E-state index contributed by atoms with van der Waals surface area (Å²) in [4.78, 5) is 28.3. The van der Waals surface area contributed by atoms with Crippen molar-refractivity contribution in [1.82, 2.24) is 15.6 Å². The molecule has 0 radical (unpaired) electrons. The van der Waals surface area contributed by atoms with Crippen LogP contribution in [0.2, 0.25) is 0 Å². The van der Waals surface area contributed by atoms with Crippen LogP contribution >= 0.6 is 23.1 Å². The number of aromatic nitrogens is 1. The number of thioether (sulfide) groups is 1. The van der Waals surface area contributed by atoms with Crippen molar-refractivity contribution in [3.8, 4) is 5.75 Å². The number of methoxy groups -OCH3 is 1. The Kier molecular flexibility index (Phi) is 6.23. The van der Waals surface area contributed by atoms with E-state index in [0.717, 1.165) is 20.3 Å². The average Bonchev–Trinajstić information content (AvgIpc) is 2.95. The van der Waals surface area contributed by atoms with Gasteiger partial charge in [0.1, 0.15) is 5.75 Å². The summed E-state index contributed by atoms with van der Waals surface area (Å²) in [7, 11) is 3.17. The van der Waals surface area contributed by atoms with Crippen molar-refractivity contribution < 1.29 is 14.3 Å². The van der Waals surface area contributed by atoms with Crippen molar-refractivity contribution >= 4 is 45.1 Å². The van der Waals surface area contributed by atoms with Crippen LogP contribution in [0.1, 0.15) is 13.3 Å². The summed E-state index contributed by atoms with van der Waals surface area (Å²) in [5, 5.41) is 4.82. The number of ether oxygens (including phenoxy) is 1. The van der Waals surface area contributed by atoms with Crippen LogP contribution < -0.4 is 15.4 Å². The largest absolute Gasteiger partial charge is 0.497 e. The highest BCUT2D eigenvalue weighted by atomic mass is 32.2. The number of nitrogens with one attached hydrogen (secondary N) is 2. The molecule has 2 amide bonds. The fourth-order valence-electron chi connectivity index (χ4n) is 1.93. The molecule has 0 bridgehead atoms. The van der Waals surface area contributed by atoms with Crippen LogP contribution in [0.3, 0.4) is 0 Å². The van der Waals surface area contributed by atoms with E-state index in [4.69, 9.17) is 4.74 Å². The lowest BCUT2D eigenvalue weighted by atomic mass is 10.2. The molecule has 1 aromatic heterocycles. The first kappa shape index (κ1) is 17.6. The first-order valence-electron chi connectivity index (χ1n) is 7.17. The van der Waals surface area contributed by atoms with E-state index in [2.05, 4.69) is 15.6 Å². The van der Waals surface area contributed by atoms with Crippen LogP contribution in [0.25, 0.3) is 10.2 Å². The fraction of sp³-hybridized carbons (Fsp3) is 0.400. The summed E-state index contributed by atoms with van der Waals surface area (Å²) in [6, 6.07) is 5.67. The highest BCUT2D eigenvalue weighted by Gasteiger charge is 2.24. The number of rotatable bonds is 7. The van der Waals surface area contributed by atoms with E-state index in [-0.39, 0.29) is 18.2 Å². The third-order valence-electron chi connectivity index (χ3n) is 3.11. The third-order valence-corrected chi connectivity index (χ3v) is 5.44. The summed E-state index contributed by atoms with van der Waals surface area (Å²) in [5.41, 5.74) is 0.825. The minimum atomic E-state index is -0.502. The van der Waals surface area contributed by atoms with Crippen molar-refractivity contribution in [2.45, 2.75) is 22.9 Å². The molecule has 124 valence electrons. The average molecular weight is 353 g/mol. The van der Waals surface area contributed by atoms with Crippen LogP contribution in [0.4, 0.5) is 0 Å². The SMILES string of the molecule is CCNC(=O)C(CC(=O)NC)Sc1nc2cc(OC)ccc2s1. The molecule has 1 unspecified atom stereocenters. The van der Waals surface area contributed by atoms with Gasteiger partial charge in [0.05, 0.1) is 22.6 Å². The standard InChI is InChI=1S/C15H19N3O3S2/c1-4-17-14(20)12(8-13(19)16-2)23-15-18-10-7-9(21-3)5-6-11(10)22-15/h5-7,12H,4,8H2,1-3H3,(H,16,19)(H,17,20). The number of benzene rings is 1. The van der Waals surface area contributed by atoms with Crippen molar-refractivity contribution in [1.29, 1.82) is 0 Å². The number of fused-ring (bicyclic) bond motifs is 1. The van der Waals surface area contributed by atoms with Crippen molar-refractivity contribution in [3.63, 3.8) is 0 Å².